The molecule has 0 saturated carbocycles. The first kappa shape index (κ1) is 13.1. The van der Waals surface area contributed by atoms with Crippen LogP contribution in [0.15, 0.2) is 18.2 Å². The number of thiocarbonyl (C=S) groups is 1. The zero-order valence-corrected chi connectivity index (χ0v) is 11.3. The molecule has 3 heteroatoms. The molecule has 0 radical (unpaired) electrons. The zero-order chi connectivity index (χ0) is 12.3. The van der Waals surface area contributed by atoms with Crippen LogP contribution >= 0.6 is 12.2 Å². The summed E-state index contributed by atoms with van der Waals surface area (Å²) in [6, 6.07) is 6.65. The van der Waals surface area contributed by atoms with Gasteiger partial charge in [-0.15, -0.1) is 0 Å². The van der Waals surface area contributed by atoms with Crippen molar-refractivity contribution in [3.05, 3.63) is 34.9 Å². The van der Waals surface area contributed by atoms with E-state index in [2.05, 4.69) is 36.9 Å². The van der Waals surface area contributed by atoms with Crippen LogP contribution in [0.3, 0.4) is 0 Å². The predicted molar refractivity (Wildman–Crippen MR) is 73.6 cm³/mol. The zero-order valence-electron chi connectivity index (χ0n) is 10.4. The summed E-state index contributed by atoms with van der Waals surface area (Å²) in [5.74, 6) is 0. The van der Waals surface area contributed by atoms with Crippen molar-refractivity contribution in [2.75, 3.05) is 7.05 Å². The Morgan fingerprint density at radius 1 is 1.44 bits per heavy atom. The lowest BCUT2D eigenvalue weighted by atomic mass is 10.0. The van der Waals surface area contributed by atoms with E-state index in [0.29, 0.717) is 4.99 Å². The van der Waals surface area contributed by atoms with Crippen molar-refractivity contribution in [3.8, 4) is 0 Å². The highest BCUT2D eigenvalue weighted by Crippen LogP contribution is 2.13. The van der Waals surface area contributed by atoms with Crippen LogP contribution in [0.1, 0.15) is 23.6 Å². The average molecular weight is 236 g/mol. The Hall–Kier alpha value is -0.930. The number of aryl methyl sites for hydroxylation is 2. The molecule has 0 saturated heterocycles. The van der Waals surface area contributed by atoms with Crippen LogP contribution in [0.4, 0.5) is 0 Å². The van der Waals surface area contributed by atoms with Crippen LogP contribution < -0.4 is 5.73 Å². The van der Waals surface area contributed by atoms with Gasteiger partial charge in [0.1, 0.15) is 0 Å². The molecule has 2 N–H and O–H groups in total. The molecule has 2 nitrogen and oxygen atoms in total. The molecule has 1 atom stereocenters. The van der Waals surface area contributed by atoms with Gasteiger partial charge in [-0.2, -0.15) is 0 Å². The molecule has 0 heterocycles. The maximum atomic E-state index is 5.65. The first-order valence-electron chi connectivity index (χ1n) is 5.47. The lowest BCUT2D eigenvalue weighted by Gasteiger charge is -2.24. The Labute approximate surface area is 103 Å². The second kappa shape index (κ2) is 5.41. The molecule has 0 aliphatic heterocycles. The summed E-state index contributed by atoms with van der Waals surface area (Å²) in [6.45, 7) is 7.16. The van der Waals surface area contributed by atoms with E-state index < -0.39 is 0 Å². The number of hydrogen-bond donors (Lipinski definition) is 1. The fraction of sp³-hybridized carbons (Fsp3) is 0.462. The van der Waals surface area contributed by atoms with Crippen molar-refractivity contribution in [3.63, 3.8) is 0 Å². The smallest absolute Gasteiger partial charge is 0.0899 e. The third-order valence-electron chi connectivity index (χ3n) is 3.00. The van der Waals surface area contributed by atoms with Crippen LogP contribution in [-0.2, 0) is 6.54 Å². The molecule has 1 aromatic carbocycles. The molecule has 16 heavy (non-hydrogen) atoms. The Bertz CT molecular complexity index is 388. The van der Waals surface area contributed by atoms with Crippen molar-refractivity contribution >= 4 is 17.2 Å². The number of benzene rings is 1. The van der Waals surface area contributed by atoms with Gasteiger partial charge in [-0.25, -0.2) is 0 Å². The minimum absolute atomic E-state index is 0.134. The molecule has 88 valence electrons. The number of nitrogens with zero attached hydrogens (tertiary/aromatic N) is 1. The van der Waals surface area contributed by atoms with Crippen LogP contribution in [0.25, 0.3) is 0 Å². The topological polar surface area (TPSA) is 29.3 Å². The molecule has 0 fully saturated rings. The van der Waals surface area contributed by atoms with Gasteiger partial charge in [0.2, 0.25) is 0 Å². The van der Waals surface area contributed by atoms with Crippen molar-refractivity contribution in [1.29, 1.82) is 0 Å². The highest BCUT2D eigenvalue weighted by Gasteiger charge is 2.12. The van der Waals surface area contributed by atoms with Crippen LogP contribution in [-0.4, -0.2) is 23.0 Å². The number of nitrogens with two attached hydrogens (primary N) is 1. The van der Waals surface area contributed by atoms with Crippen LogP contribution in [0.2, 0.25) is 0 Å². The largest absolute Gasteiger partial charge is 0.392 e. The van der Waals surface area contributed by atoms with Gasteiger partial charge in [-0.1, -0.05) is 36.0 Å². The molecule has 0 amide bonds. The van der Waals surface area contributed by atoms with Crippen molar-refractivity contribution < 1.29 is 0 Å². The molecule has 1 rings (SSSR count). The van der Waals surface area contributed by atoms with Gasteiger partial charge < -0.3 is 5.73 Å². The molecule has 1 aromatic rings. The van der Waals surface area contributed by atoms with Gasteiger partial charge in [0, 0.05) is 6.54 Å². The molecule has 0 aliphatic carbocycles. The maximum Gasteiger partial charge on any atom is 0.0899 e. The third kappa shape index (κ3) is 3.29. The van der Waals surface area contributed by atoms with Gasteiger partial charge in [0.15, 0.2) is 0 Å². The summed E-state index contributed by atoms with van der Waals surface area (Å²) in [5, 5.41) is 0. The lowest BCUT2D eigenvalue weighted by Crippen LogP contribution is -2.38. The Morgan fingerprint density at radius 2 is 2.06 bits per heavy atom. The monoisotopic (exact) mass is 236 g/mol. The van der Waals surface area contributed by atoms with Crippen molar-refractivity contribution in [1.82, 2.24) is 4.90 Å². The van der Waals surface area contributed by atoms with E-state index in [1.54, 1.807) is 0 Å². The number of hydrogen-bond acceptors (Lipinski definition) is 2. The van der Waals surface area contributed by atoms with Gasteiger partial charge in [-0.05, 0) is 38.9 Å². The average Bonchev–Trinajstić information content (AvgIpc) is 2.22. The van der Waals surface area contributed by atoms with Gasteiger partial charge in [0.25, 0.3) is 0 Å². The highest BCUT2D eigenvalue weighted by molar-refractivity contribution is 7.80. The summed E-state index contributed by atoms with van der Waals surface area (Å²) in [5.41, 5.74) is 9.59. The third-order valence-corrected chi connectivity index (χ3v) is 3.34. The van der Waals surface area contributed by atoms with Crippen LogP contribution in [0.5, 0.6) is 0 Å². The van der Waals surface area contributed by atoms with Crippen LogP contribution in [0, 0.1) is 13.8 Å². The second-order valence-electron chi connectivity index (χ2n) is 4.42. The van der Waals surface area contributed by atoms with Gasteiger partial charge >= 0.3 is 0 Å². The Balaban J connectivity index is 2.80. The Kier molecular flexibility index (Phi) is 4.44. The molecule has 0 aliphatic rings. The lowest BCUT2D eigenvalue weighted by molar-refractivity contribution is 0.303. The highest BCUT2D eigenvalue weighted by atomic mass is 32.1. The molecule has 0 aromatic heterocycles. The quantitative estimate of drug-likeness (QED) is 0.814. The van der Waals surface area contributed by atoms with E-state index in [9.17, 15) is 0 Å². The number of rotatable bonds is 4. The van der Waals surface area contributed by atoms with E-state index >= 15 is 0 Å². The molecule has 0 spiro atoms. The number of likely N-dealkylation sites (N-methyl/N-ethyl adjacent to an activating group) is 1. The minimum atomic E-state index is 0.134. The first-order valence-corrected chi connectivity index (χ1v) is 5.88. The van der Waals surface area contributed by atoms with Gasteiger partial charge in [-0.3, -0.25) is 4.90 Å². The van der Waals surface area contributed by atoms with E-state index in [-0.39, 0.29) is 6.04 Å². The van der Waals surface area contributed by atoms with E-state index in [1.807, 2.05) is 14.0 Å². The summed E-state index contributed by atoms with van der Waals surface area (Å²) in [7, 11) is 2.05. The standard InChI is InChI=1S/C13H20N2S/c1-9-5-6-10(2)12(7-9)8-15(4)11(3)13(14)16/h5-7,11H,8H2,1-4H3,(H2,14,16). The molecular formula is C13H20N2S. The summed E-state index contributed by atoms with van der Waals surface area (Å²) in [6.07, 6.45) is 0. The summed E-state index contributed by atoms with van der Waals surface area (Å²) in [4.78, 5) is 2.72. The second-order valence-corrected chi connectivity index (χ2v) is 4.89. The van der Waals surface area contributed by atoms with E-state index in [4.69, 9.17) is 18.0 Å². The Morgan fingerprint density at radius 3 is 2.62 bits per heavy atom. The first-order chi connectivity index (χ1) is 7.41. The van der Waals surface area contributed by atoms with Crippen molar-refractivity contribution in [2.24, 2.45) is 5.73 Å². The fourth-order valence-electron chi connectivity index (χ4n) is 1.59. The van der Waals surface area contributed by atoms with E-state index in [1.165, 1.54) is 16.7 Å². The normalized spacial score (nSPS) is 12.8. The molecule has 1 unspecified atom stereocenters. The summed E-state index contributed by atoms with van der Waals surface area (Å²) >= 11 is 5.01. The minimum Gasteiger partial charge on any atom is -0.392 e. The SMILES string of the molecule is Cc1ccc(C)c(CN(C)C(C)C(N)=S)c1. The van der Waals surface area contributed by atoms with E-state index in [0.717, 1.165) is 6.54 Å². The molecular weight excluding hydrogens is 216 g/mol. The van der Waals surface area contributed by atoms with Gasteiger partial charge in [0.05, 0.1) is 11.0 Å². The fourth-order valence-corrected chi connectivity index (χ4v) is 1.77. The summed E-state index contributed by atoms with van der Waals surface area (Å²) < 4.78 is 0. The van der Waals surface area contributed by atoms with Crippen molar-refractivity contribution in [2.45, 2.75) is 33.4 Å². The maximum absolute atomic E-state index is 5.65. The predicted octanol–water partition coefficient (Wildman–Crippen LogP) is 2.41. The molecule has 0 bridgehead atoms.